The molecule has 1 rings (SSSR count). The van der Waals surface area contributed by atoms with Gasteiger partial charge < -0.3 is 10.1 Å². The van der Waals surface area contributed by atoms with Crippen LogP contribution in [0, 0.1) is 5.92 Å². The van der Waals surface area contributed by atoms with Crippen LogP contribution in [-0.2, 0) is 4.74 Å². The quantitative estimate of drug-likeness (QED) is 0.626. The Morgan fingerprint density at radius 3 is 2.69 bits per heavy atom. The van der Waals surface area contributed by atoms with E-state index in [4.69, 9.17) is 4.74 Å². The minimum Gasteiger partial charge on any atom is -0.385 e. The lowest BCUT2D eigenvalue weighted by molar-refractivity contribution is 0.180. The molecule has 0 radical (unpaired) electrons. The molecule has 0 bridgehead atoms. The number of hydrogen-bond acceptors (Lipinski definition) is 2. The molecule has 1 aliphatic rings. The normalized spacial score (nSPS) is 18.9. The lowest BCUT2D eigenvalue weighted by Crippen LogP contribution is -2.30. The monoisotopic (exact) mass is 185 g/mol. The molecule has 0 spiro atoms. The predicted molar refractivity (Wildman–Crippen MR) is 55.9 cm³/mol. The van der Waals surface area contributed by atoms with E-state index in [2.05, 4.69) is 12.2 Å². The Morgan fingerprint density at radius 1 is 1.38 bits per heavy atom. The summed E-state index contributed by atoms with van der Waals surface area (Å²) >= 11 is 0. The third-order valence-corrected chi connectivity index (χ3v) is 2.78. The maximum atomic E-state index is 5.10. The summed E-state index contributed by atoms with van der Waals surface area (Å²) < 4.78 is 5.10. The molecule has 78 valence electrons. The molecule has 1 unspecified atom stereocenters. The largest absolute Gasteiger partial charge is 0.385 e. The molecule has 1 fully saturated rings. The fourth-order valence-electron chi connectivity index (χ4n) is 1.74. The number of rotatable bonds is 8. The molecular weight excluding hydrogens is 162 g/mol. The van der Waals surface area contributed by atoms with Crippen molar-refractivity contribution in [3.05, 3.63) is 0 Å². The van der Waals surface area contributed by atoms with Gasteiger partial charge in [0.15, 0.2) is 0 Å². The third kappa shape index (κ3) is 5.27. The van der Waals surface area contributed by atoms with Gasteiger partial charge >= 0.3 is 0 Å². The lowest BCUT2D eigenvalue weighted by atomic mass is 10.1. The lowest BCUT2D eigenvalue weighted by Gasteiger charge is -2.16. The number of nitrogens with one attached hydrogen (secondary N) is 1. The van der Waals surface area contributed by atoms with Crippen LogP contribution >= 0.6 is 0 Å². The Kier molecular flexibility index (Phi) is 5.40. The van der Waals surface area contributed by atoms with E-state index in [1.807, 2.05) is 0 Å². The van der Waals surface area contributed by atoms with Gasteiger partial charge in [0, 0.05) is 19.8 Å². The van der Waals surface area contributed by atoms with Gasteiger partial charge in [0.1, 0.15) is 0 Å². The molecule has 1 N–H and O–H groups in total. The summed E-state index contributed by atoms with van der Waals surface area (Å²) in [7, 11) is 1.78. The Balaban J connectivity index is 2.03. The van der Waals surface area contributed by atoms with Crippen LogP contribution in [0.4, 0.5) is 0 Å². The van der Waals surface area contributed by atoms with Crippen molar-refractivity contribution < 1.29 is 4.74 Å². The zero-order chi connectivity index (χ0) is 9.52. The van der Waals surface area contributed by atoms with Gasteiger partial charge in [0.05, 0.1) is 0 Å². The van der Waals surface area contributed by atoms with Gasteiger partial charge in [-0.1, -0.05) is 19.8 Å². The van der Waals surface area contributed by atoms with Crippen LogP contribution in [0.25, 0.3) is 0 Å². The summed E-state index contributed by atoms with van der Waals surface area (Å²) in [6.07, 6.45) is 6.87. The zero-order valence-corrected chi connectivity index (χ0v) is 9.01. The second-order valence-corrected chi connectivity index (χ2v) is 4.06. The minimum absolute atomic E-state index is 0.686. The van der Waals surface area contributed by atoms with Gasteiger partial charge in [0.25, 0.3) is 0 Å². The first-order valence-corrected chi connectivity index (χ1v) is 5.59. The van der Waals surface area contributed by atoms with E-state index in [1.165, 1.54) is 25.7 Å². The summed E-state index contributed by atoms with van der Waals surface area (Å²) in [4.78, 5) is 0. The summed E-state index contributed by atoms with van der Waals surface area (Å²) in [6, 6.07) is 0.686. The van der Waals surface area contributed by atoms with E-state index in [0.29, 0.717) is 6.04 Å². The van der Waals surface area contributed by atoms with E-state index < -0.39 is 0 Å². The molecule has 13 heavy (non-hydrogen) atoms. The molecule has 0 aromatic rings. The van der Waals surface area contributed by atoms with Crippen LogP contribution in [0.3, 0.4) is 0 Å². The fourth-order valence-corrected chi connectivity index (χ4v) is 1.74. The van der Waals surface area contributed by atoms with Crippen LogP contribution in [-0.4, -0.2) is 26.3 Å². The fraction of sp³-hybridized carbons (Fsp3) is 1.00. The molecule has 0 heterocycles. The van der Waals surface area contributed by atoms with Crippen molar-refractivity contribution in [1.29, 1.82) is 0 Å². The van der Waals surface area contributed by atoms with Crippen LogP contribution in [0.15, 0.2) is 0 Å². The van der Waals surface area contributed by atoms with Crippen molar-refractivity contribution in [2.24, 2.45) is 5.92 Å². The number of ether oxygens (including phenoxy) is 1. The average molecular weight is 185 g/mol. The Labute approximate surface area is 82.0 Å². The van der Waals surface area contributed by atoms with Crippen LogP contribution in [0.2, 0.25) is 0 Å². The van der Waals surface area contributed by atoms with Gasteiger partial charge in [-0.25, -0.2) is 0 Å². The van der Waals surface area contributed by atoms with Crippen LogP contribution in [0.5, 0.6) is 0 Å². The molecule has 0 aromatic carbocycles. The van der Waals surface area contributed by atoms with Crippen molar-refractivity contribution in [3.63, 3.8) is 0 Å². The summed E-state index contributed by atoms with van der Waals surface area (Å²) in [5.74, 6) is 1.06. The molecule has 2 heteroatoms. The van der Waals surface area contributed by atoms with E-state index in [-0.39, 0.29) is 0 Å². The molecule has 2 nitrogen and oxygen atoms in total. The van der Waals surface area contributed by atoms with Crippen molar-refractivity contribution in [2.75, 3.05) is 20.3 Å². The Hall–Kier alpha value is -0.0800. The molecule has 0 aliphatic heterocycles. The topological polar surface area (TPSA) is 21.3 Å². The predicted octanol–water partition coefficient (Wildman–Crippen LogP) is 2.19. The molecule has 0 aromatic heterocycles. The van der Waals surface area contributed by atoms with E-state index in [0.717, 1.165) is 25.5 Å². The second-order valence-electron chi connectivity index (χ2n) is 4.06. The van der Waals surface area contributed by atoms with Crippen LogP contribution in [0.1, 0.15) is 39.0 Å². The smallest absolute Gasteiger partial charge is 0.0477 e. The SMILES string of the molecule is CCNC(CCOC)CCC1CC1. The van der Waals surface area contributed by atoms with Gasteiger partial charge in [-0.3, -0.25) is 0 Å². The van der Waals surface area contributed by atoms with E-state index >= 15 is 0 Å². The highest BCUT2D eigenvalue weighted by molar-refractivity contribution is 4.76. The molecular formula is C11H23NO. The van der Waals surface area contributed by atoms with E-state index in [1.54, 1.807) is 7.11 Å². The maximum Gasteiger partial charge on any atom is 0.0477 e. The van der Waals surface area contributed by atoms with E-state index in [9.17, 15) is 0 Å². The zero-order valence-electron chi connectivity index (χ0n) is 9.01. The molecule has 1 aliphatic carbocycles. The first kappa shape index (κ1) is 11.0. The van der Waals surface area contributed by atoms with Crippen LogP contribution < -0.4 is 5.32 Å². The molecule has 1 saturated carbocycles. The highest BCUT2D eigenvalue weighted by Crippen LogP contribution is 2.34. The molecule has 0 amide bonds. The first-order chi connectivity index (χ1) is 6.36. The highest BCUT2D eigenvalue weighted by Gasteiger charge is 2.22. The van der Waals surface area contributed by atoms with Gasteiger partial charge in [-0.05, 0) is 31.7 Å². The third-order valence-electron chi connectivity index (χ3n) is 2.78. The Bertz CT molecular complexity index is 123. The summed E-state index contributed by atoms with van der Waals surface area (Å²) in [5.41, 5.74) is 0. The number of methoxy groups -OCH3 is 1. The van der Waals surface area contributed by atoms with Gasteiger partial charge in [-0.2, -0.15) is 0 Å². The maximum absolute atomic E-state index is 5.10. The number of hydrogen-bond donors (Lipinski definition) is 1. The Morgan fingerprint density at radius 2 is 2.15 bits per heavy atom. The van der Waals surface area contributed by atoms with Crippen molar-refractivity contribution in [2.45, 2.75) is 45.1 Å². The standard InChI is InChI=1S/C11H23NO/c1-3-12-11(8-9-13-2)7-6-10-4-5-10/h10-12H,3-9H2,1-2H3. The van der Waals surface area contributed by atoms with Crippen molar-refractivity contribution >= 4 is 0 Å². The highest BCUT2D eigenvalue weighted by atomic mass is 16.5. The summed E-state index contributed by atoms with van der Waals surface area (Å²) in [6.45, 7) is 4.15. The summed E-state index contributed by atoms with van der Waals surface area (Å²) in [5, 5.41) is 3.52. The second kappa shape index (κ2) is 6.39. The average Bonchev–Trinajstić information content (AvgIpc) is 2.93. The van der Waals surface area contributed by atoms with Gasteiger partial charge in [0.2, 0.25) is 0 Å². The van der Waals surface area contributed by atoms with Crippen molar-refractivity contribution in [3.8, 4) is 0 Å². The molecule has 1 atom stereocenters. The molecule has 0 saturated heterocycles. The first-order valence-electron chi connectivity index (χ1n) is 5.59. The van der Waals surface area contributed by atoms with Crippen molar-refractivity contribution in [1.82, 2.24) is 5.32 Å². The minimum atomic E-state index is 0.686. The van der Waals surface area contributed by atoms with Gasteiger partial charge in [-0.15, -0.1) is 0 Å².